The number of pyridine rings is 1. The van der Waals surface area contributed by atoms with Gasteiger partial charge in [0.2, 0.25) is 0 Å². The number of anilines is 3. The second-order valence-corrected chi connectivity index (χ2v) is 12.8. The number of para-hydroxylation sites is 3. The molecule has 2 aromatic carbocycles. The molecule has 1 unspecified atom stereocenters. The fourth-order valence-corrected chi connectivity index (χ4v) is 5.70. The summed E-state index contributed by atoms with van der Waals surface area (Å²) >= 11 is 0. The number of nitrogens with two attached hydrogens (primary N) is 1. The maximum absolute atomic E-state index is 13.4. The molecule has 5 N–H and O–H groups in total. The minimum Gasteiger partial charge on any atom is -0.444 e. The Labute approximate surface area is 277 Å². The zero-order chi connectivity index (χ0) is 34.0. The molecule has 4 rings (SSSR count). The van der Waals surface area contributed by atoms with Gasteiger partial charge in [-0.05, 0) is 70.8 Å². The number of morpholine rings is 1. The predicted octanol–water partition coefficient (Wildman–Crippen LogP) is 5.16. The second kappa shape index (κ2) is 15.7. The lowest BCUT2D eigenvalue weighted by Crippen LogP contribution is -2.50. The lowest BCUT2D eigenvalue weighted by molar-refractivity contribution is 0.0369. The van der Waals surface area contributed by atoms with Crippen molar-refractivity contribution >= 4 is 35.1 Å². The van der Waals surface area contributed by atoms with E-state index >= 15 is 0 Å². The first-order valence-corrected chi connectivity index (χ1v) is 15.9. The standard InChI is InChI=1S/C35H47N7O5/c1-34(2,3)47-33(45)39-28-14-8-7-13-27(28)38-31(43)29-17-16-25(24-37-29)35(40-32(36)44,26-12-6-9-15-30(26)41(4)5)18-10-11-19-42-20-22-46-23-21-42/h6-9,12-17,24H,10-11,18-23H2,1-5H3,(H,38,43)(H,39,45)(H3,36,40,44). The molecule has 0 aliphatic carbocycles. The molecule has 252 valence electrons. The quantitative estimate of drug-likeness (QED) is 0.197. The summed E-state index contributed by atoms with van der Waals surface area (Å²) in [6.07, 6.45) is 3.25. The molecule has 4 amide bonds. The number of nitrogens with zero attached hydrogens (tertiary/aromatic N) is 3. The van der Waals surface area contributed by atoms with Gasteiger partial charge in [-0.15, -0.1) is 0 Å². The van der Waals surface area contributed by atoms with Crippen LogP contribution in [0.15, 0.2) is 66.9 Å². The molecule has 1 aliphatic rings. The summed E-state index contributed by atoms with van der Waals surface area (Å²) in [4.78, 5) is 47.3. The number of carbonyl (C=O) groups is 3. The van der Waals surface area contributed by atoms with Crippen LogP contribution in [-0.2, 0) is 15.0 Å². The molecular weight excluding hydrogens is 598 g/mol. The van der Waals surface area contributed by atoms with Gasteiger partial charge in [-0.2, -0.15) is 0 Å². The van der Waals surface area contributed by atoms with E-state index in [4.69, 9.17) is 15.2 Å². The smallest absolute Gasteiger partial charge is 0.412 e. The predicted molar refractivity (Wildman–Crippen MR) is 184 cm³/mol. The number of rotatable bonds is 12. The van der Waals surface area contributed by atoms with Crippen molar-refractivity contribution in [3.05, 3.63) is 83.7 Å². The van der Waals surface area contributed by atoms with Crippen molar-refractivity contribution in [2.45, 2.75) is 51.2 Å². The number of benzene rings is 2. The fourth-order valence-electron chi connectivity index (χ4n) is 5.70. The molecule has 0 spiro atoms. The number of urea groups is 1. The average Bonchev–Trinajstić information content (AvgIpc) is 3.03. The highest BCUT2D eigenvalue weighted by atomic mass is 16.6. The van der Waals surface area contributed by atoms with Gasteiger partial charge in [0, 0.05) is 50.2 Å². The summed E-state index contributed by atoms with van der Waals surface area (Å²) < 4.78 is 10.8. The molecular formula is C35H47N7O5. The SMILES string of the molecule is CN(C)c1ccccc1C(CCCCN1CCOCC1)(NC(N)=O)c1ccc(C(=O)Nc2ccccc2NC(=O)OC(C)(C)C)nc1. The molecule has 0 bridgehead atoms. The van der Waals surface area contributed by atoms with E-state index in [-0.39, 0.29) is 5.69 Å². The number of aromatic nitrogens is 1. The van der Waals surface area contributed by atoms with E-state index in [9.17, 15) is 14.4 Å². The van der Waals surface area contributed by atoms with Crippen molar-refractivity contribution in [2.24, 2.45) is 5.73 Å². The number of hydrogen-bond donors (Lipinski definition) is 4. The van der Waals surface area contributed by atoms with E-state index < -0.39 is 29.2 Å². The van der Waals surface area contributed by atoms with Crippen LogP contribution in [0.5, 0.6) is 0 Å². The maximum Gasteiger partial charge on any atom is 0.412 e. The maximum atomic E-state index is 13.4. The zero-order valence-corrected chi connectivity index (χ0v) is 28.0. The molecule has 1 aromatic heterocycles. The van der Waals surface area contributed by atoms with Gasteiger partial charge in [0.15, 0.2) is 0 Å². The summed E-state index contributed by atoms with van der Waals surface area (Å²) in [5.41, 5.74) is 7.56. The Morgan fingerprint density at radius 3 is 2.21 bits per heavy atom. The van der Waals surface area contributed by atoms with Gasteiger partial charge in [0.1, 0.15) is 11.3 Å². The summed E-state index contributed by atoms with van der Waals surface area (Å²) in [7, 11) is 3.90. The van der Waals surface area contributed by atoms with Crippen LogP contribution in [0.2, 0.25) is 0 Å². The van der Waals surface area contributed by atoms with Crippen LogP contribution in [0.4, 0.5) is 26.7 Å². The second-order valence-electron chi connectivity index (χ2n) is 12.8. The average molecular weight is 646 g/mol. The Morgan fingerprint density at radius 1 is 0.936 bits per heavy atom. The van der Waals surface area contributed by atoms with Crippen molar-refractivity contribution < 1.29 is 23.9 Å². The highest BCUT2D eigenvalue weighted by molar-refractivity contribution is 6.05. The fraction of sp³-hybridized carbons (Fsp3) is 0.429. The zero-order valence-electron chi connectivity index (χ0n) is 28.0. The number of primary amides is 1. The Hall–Kier alpha value is -4.68. The third-order valence-corrected chi connectivity index (χ3v) is 7.86. The van der Waals surface area contributed by atoms with Gasteiger partial charge in [0.05, 0.1) is 30.1 Å². The lowest BCUT2D eigenvalue weighted by Gasteiger charge is -2.38. The molecule has 1 aliphatic heterocycles. The Balaban J connectivity index is 1.61. The largest absolute Gasteiger partial charge is 0.444 e. The molecule has 12 nitrogen and oxygen atoms in total. The number of carbonyl (C=O) groups excluding carboxylic acids is 3. The number of hydrogen-bond acceptors (Lipinski definition) is 8. The highest BCUT2D eigenvalue weighted by Crippen LogP contribution is 2.39. The third kappa shape index (κ3) is 9.66. The Bertz CT molecular complexity index is 1520. The van der Waals surface area contributed by atoms with E-state index in [1.54, 1.807) is 63.4 Å². The van der Waals surface area contributed by atoms with E-state index in [0.29, 0.717) is 23.4 Å². The summed E-state index contributed by atoms with van der Waals surface area (Å²) in [5.74, 6) is -0.470. The van der Waals surface area contributed by atoms with Gasteiger partial charge < -0.3 is 30.7 Å². The van der Waals surface area contributed by atoms with Gasteiger partial charge >= 0.3 is 12.1 Å². The monoisotopic (exact) mass is 645 g/mol. The summed E-state index contributed by atoms with van der Waals surface area (Å²) in [6.45, 7) is 9.52. The topological polar surface area (TPSA) is 151 Å². The minimum absolute atomic E-state index is 0.155. The molecule has 3 aromatic rings. The Morgan fingerprint density at radius 2 is 1.60 bits per heavy atom. The first-order chi connectivity index (χ1) is 22.4. The molecule has 0 radical (unpaired) electrons. The van der Waals surface area contributed by atoms with Gasteiger partial charge in [-0.25, -0.2) is 9.59 Å². The minimum atomic E-state index is -1.01. The summed E-state index contributed by atoms with van der Waals surface area (Å²) in [6, 6.07) is 17.5. The lowest BCUT2D eigenvalue weighted by atomic mass is 9.78. The van der Waals surface area contributed by atoms with Crippen LogP contribution in [0.25, 0.3) is 0 Å². The van der Waals surface area contributed by atoms with Crippen molar-refractivity contribution in [3.8, 4) is 0 Å². The van der Waals surface area contributed by atoms with Crippen LogP contribution < -0.4 is 26.6 Å². The van der Waals surface area contributed by atoms with E-state index in [0.717, 1.165) is 56.9 Å². The van der Waals surface area contributed by atoms with Crippen LogP contribution in [0.3, 0.4) is 0 Å². The van der Waals surface area contributed by atoms with Gasteiger partial charge in [0.25, 0.3) is 5.91 Å². The van der Waals surface area contributed by atoms with Crippen molar-refractivity contribution in [1.82, 2.24) is 15.2 Å². The number of unbranched alkanes of at least 4 members (excludes halogenated alkanes) is 1. The van der Waals surface area contributed by atoms with Crippen molar-refractivity contribution in [2.75, 3.05) is 62.5 Å². The van der Waals surface area contributed by atoms with Gasteiger partial charge in [-0.3, -0.25) is 20.0 Å². The van der Waals surface area contributed by atoms with Gasteiger partial charge in [-0.1, -0.05) is 36.4 Å². The van der Waals surface area contributed by atoms with E-state index in [2.05, 4.69) is 25.8 Å². The number of ether oxygens (including phenoxy) is 2. The van der Waals surface area contributed by atoms with Crippen LogP contribution >= 0.6 is 0 Å². The normalized spacial score (nSPS) is 14.8. The van der Waals surface area contributed by atoms with E-state index in [1.165, 1.54) is 0 Å². The summed E-state index contributed by atoms with van der Waals surface area (Å²) in [5, 5.41) is 8.60. The molecule has 1 saturated heterocycles. The molecule has 47 heavy (non-hydrogen) atoms. The van der Waals surface area contributed by atoms with Crippen molar-refractivity contribution in [1.29, 1.82) is 0 Å². The van der Waals surface area contributed by atoms with E-state index in [1.807, 2.05) is 43.3 Å². The number of nitrogens with one attached hydrogen (secondary N) is 3. The molecule has 1 atom stereocenters. The molecule has 12 heteroatoms. The third-order valence-electron chi connectivity index (χ3n) is 7.86. The van der Waals surface area contributed by atoms with Crippen LogP contribution in [-0.4, -0.2) is 80.5 Å². The molecule has 2 heterocycles. The first kappa shape index (κ1) is 35.2. The van der Waals surface area contributed by atoms with Crippen LogP contribution in [0.1, 0.15) is 61.6 Å². The molecule has 1 fully saturated rings. The first-order valence-electron chi connectivity index (χ1n) is 15.9. The number of amides is 4. The Kier molecular flexibility index (Phi) is 11.8. The van der Waals surface area contributed by atoms with Crippen LogP contribution in [0, 0.1) is 0 Å². The van der Waals surface area contributed by atoms with Crippen molar-refractivity contribution in [3.63, 3.8) is 0 Å². The highest BCUT2D eigenvalue weighted by Gasteiger charge is 2.38. The molecule has 0 saturated carbocycles.